The van der Waals surface area contributed by atoms with Crippen molar-refractivity contribution in [2.45, 2.75) is 19.3 Å². The first-order valence-electron chi connectivity index (χ1n) is 7.26. The molecule has 0 rings (SSSR count). The summed E-state index contributed by atoms with van der Waals surface area (Å²) < 4.78 is 20.3. The van der Waals surface area contributed by atoms with E-state index in [1.54, 1.807) is 0 Å². The van der Waals surface area contributed by atoms with E-state index >= 15 is 0 Å². The molecule has 13 heteroatoms. The van der Waals surface area contributed by atoms with Crippen molar-refractivity contribution in [1.29, 1.82) is 0 Å². The number of hydrogen-bond acceptors (Lipinski definition) is 8. The van der Waals surface area contributed by atoms with Crippen LogP contribution < -0.4 is 15.2 Å². The van der Waals surface area contributed by atoms with Crippen LogP contribution in [0.2, 0.25) is 0 Å². The largest absolute Gasteiger partial charge is 0.573 e. The molecule has 1 unspecified atom stereocenters. The fourth-order valence-corrected chi connectivity index (χ4v) is 2.09. The first kappa shape index (κ1) is 22.9. The molecule has 0 saturated heterocycles. The van der Waals surface area contributed by atoms with Crippen LogP contribution in [0.25, 0.3) is 0 Å². The second-order valence-electron chi connectivity index (χ2n) is 4.61. The van der Waals surface area contributed by atoms with E-state index in [1.165, 1.54) is 0 Å². The molecule has 1 atom stereocenters. The van der Waals surface area contributed by atoms with Crippen LogP contribution >= 0.6 is 0 Å². The Bertz CT molecular complexity index is 446. The number of nitrogens with zero attached hydrogens (tertiary/aromatic N) is 1. The maximum atomic E-state index is 12.0. The predicted molar refractivity (Wildman–Crippen MR) is 85.4 cm³/mol. The Hall–Kier alpha value is -2.09. The first-order chi connectivity index (χ1) is 11.8. The molecule has 25 heavy (non-hydrogen) atoms. The molecule has 0 aromatic heterocycles. The number of nitrogens with two attached hydrogens (primary N) is 1. The molecule has 0 aromatic carbocycles. The van der Waals surface area contributed by atoms with Crippen molar-refractivity contribution in [2.75, 3.05) is 32.8 Å². The summed E-state index contributed by atoms with van der Waals surface area (Å²) in [6.07, 6.45) is -1.74. The lowest BCUT2D eigenvalue weighted by molar-refractivity contribution is -0.139. The summed E-state index contributed by atoms with van der Waals surface area (Å²) >= 11 is -1.98. The molecule has 6 N–H and O–H groups in total. The SMILES string of the molecule is NCCOC(=O)N[S+]([O-])NCCC(=O)N(CCC(=O)O)CCC(=O)O. The number of hydrogen-bond donors (Lipinski definition) is 5. The Morgan fingerprint density at radius 1 is 1.08 bits per heavy atom. The Morgan fingerprint density at radius 3 is 2.12 bits per heavy atom. The van der Waals surface area contributed by atoms with Gasteiger partial charge in [-0.25, -0.2) is 4.79 Å². The monoisotopic (exact) mass is 382 g/mol. The number of amides is 2. The normalized spacial score (nSPS) is 11.4. The fraction of sp³-hybridized carbons (Fsp3) is 0.667. The minimum Gasteiger partial charge on any atom is -0.573 e. The topological polar surface area (TPSA) is 194 Å². The number of carbonyl (C=O) groups is 4. The quantitative estimate of drug-likeness (QED) is 0.222. The maximum absolute atomic E-state index is 12.0. The third-order valence-electron chi connectivity index (χ3n) is 2.64. The van der Waals surface area contributed by atoms with Gasteiger partial charge < -0.3 is 30.1 Å². The minimum atomic E-state index is -1.98. The number of carbonyl (C=O) groups excluding carboxylic acids is 2. The molecule has 0 aromatic rings. The van der Waals surface area contributed by atoms with Gasteiger partial charge in [-0.2, -0.15) is 0 Å². The third-order valence-corrected chi connectivity index (χ3v) is 3.46. The lowest BCUT2D eigenvalue weighted by Gasteiger charge is -2.21. The number of carboxylic acids is 2. The highest BCUT2D eigenvalue weighted by Gasteiger charge is 2.18. The maximum Gasteiger partial charge on any atom is 0.450 e. The van der Waals surface area contributed by atoms with Gasteiger partial charge in [0, 0.05) is 26.1 Å². The van der Waals surface area contributed by atoms with Gasteiger partial charge in [0.25, 0.3) is 0 Å². The smallest absolute Gasteiger partial charge is 0.450 e. The fourth-order valence-electron chi connectivity index (χ4n) is 1.52. The summed E-state index contributed by atoms with van der Waals surface area (Å²) in [6, 6.07) is 0. The molecule has 0 aliphatic heterocycles. The van der Waals surface area contributed by atoms with Gasteiger partial charge in [-0.3, -0.25) is 14.4 Å². The van der Waals surface area contributed by atoms with Crippen molar-refractivity contribution in [2.24, 2.45) is 5.73 Å². The van der Waals surface area contributed by atoms with Crippen molar-refractivity contribution >= 4 is 35.5 Å². The molecule has 0 radical (unpaired) electrons. The molecule has 2 amide bonds. The average molecular weight is 382 g/mol. The molecular weight excluding hydrogens is 360 g/mol. The van der Waals surface area contributed by atoms with Gasteiger partial charge in [-0.1, -0.05) is 0 Å². The summed E-state index contributed by atoms with van der Waals surface area (Å²) in [7, 11) is 0. The Morgan fingerprint density at radius 2 is 1.64 bits per heavy atom. The molecule has 0 heterocycles. The van der Waals surface area contributed by atoms with E-state index in [4.69, 9.17) is 15.9 Å². The molecule has 0 spiro atoms. The molecule has 0 aliphatic rings. The van der Waals surface area contributed by atoms with Crippen molar-refractivity contribution < 1.29 is 38.7 Å². The highest BCUT2D eigenvalue weighted by Crippen LogP contribution is 1.99. The third kappa shape index (κ3) is 12.9. The van der Waals surface area contributed by atoms with E-state index in [2.05, 4.69) is 9.46 Å². The van der Waals surface area contributed by atoms with E-state index in [9.17, 15) is 23.7 Å². The highest BCUT2D eigenvalue weighted by molar-refractivity contribution is 7.88. The van der Waals surface area contributed by atoms with Crippen molar-refractivity contribution in [3.63, 3.8) is 0 Å². The van der Waals surface area contributed by atoms with Crippen molar-refractivity contribution in [3.05, 3.63) is 0 Å². The van der Waals surface area contributed by atoms with E-state index in [1.807, 2.05) is 4.72 Å². The zero-order valence-electron chi connectivity index (χ0n) is 13.4. The number of ether oxygens (including phenoxy) is 1. The second kappa shape index (κ2) is 13.2. The van der Waals surface area contributed by atoms with Crippen LogP contribution in [0.3, 0.4) is 0 Å². The molecular formula is C12H22N4O8S. The molecule has 144 valence electrons. The van der Waals surface area contributed by atoms with Crippen LogP contribution in [0.15, 0.2) is 0 Å². The van der Waals surface area contributed by atoms with Gasteiger partial charge in [0.2, 0.25) is 5.91 Å². The van der Waals surface area contributed by atoms with Crippen LogP contribution in [0.4, 0.5) is 4.79 Å². The van der Waals surface area contributed by atoms with Crippen LogP contribution in [0, 0.1) is 0 Å². The van der Waals surface area contributed by atoms with Gasteiger partial charge in [0.1, 0.15) is 6.61 Å². The van der Waals surface area contributed by atoms with Gasteiger partial charge in [-0.05, 0) is 0 Å². The zero-order valence-corrected chi connectivity index (χ0v) is 14.3. The second-order valence-corrected chi connectivity index (χ2v) is 5.64. The Labute approximate surface area is 147 Å². The summed E-state index contributed by atoms with van der Waals surface area (Å²) in [5, 5.41) is 17.3. The average Bonchev–Trinajstić information content (AvgIpc) is 2.52. The molecule has 0 fully saturated rings. The van der Waals surface area contributed by atoms with E-state index in [-0.39, 0.29) is 52.0 Å². The summed E-state index contributed by atoms with van der Waals surface area (Å²) in [4.78, 5) is 45.4. The Kier molecular flexibility index (Phi) is 12.1. The summed E-state index contributed by atoms with van der Waals surface area (Å²) in [5.41, 5.74) is 5.12. The van der Waals surface area contributed by atoms with Crippen LogP contribution in [-0.2, 0) is 30.7 Å². The van der Waals surface area contributed by atoms with Crippen LogP contribution in [0.1, 0.15) is 19.3 Å². The van der Waals surface area contributed by atoms with Gasteiger partial charge in [0.15, 0.2) is 11.5 Å². The molecule has 12 nitrogen and oxygen atoms in total. The standard InChI is InChI=1S/C12H22N4O8S/c13-4-8-24-12(22)15-25(23)14-5-1-9(17)16(6-2-10(18)19)7-3-11(20)21/h14H,1-8,13H2,(H,15,22)(H,18,19)(H,20,21). The van der Waals surface area contributed by atoms with E-state index in [0.717, 1.165) is 4.90 Å². The van der Waals surface area contributed by atoms with Crippen molar-refractivity contribution in [1.82, 2.24) is 14.3 Å². The number of rotatable bonds is 13. The number of carboxylic acid groups (broad SMARTS) is 2. The number of aliphatic carboxylic acids is 2. The van der Waals surface area contributed by atoms with E-state index in [0.29, 0.717) is 0 Å². The summed E-state index contributed by atoms with van der Waals surface area (Å²) in [5.74, 6) is -2.74. The predicted octanol–water partition coefficient (Wildman–Crippen LogP) is -1.99. The summed E-state index contributed by atoms with van der Waals surface area (Å²) in [6.45, 7) is -0.268. The Balaban J connectivity index is 4.23. The van der Waals surface area contributed by atoms with Gasteiger partial charge in [-0.15, -0.1) is 9.44 Å². The number of nitrogens with one attached hydrogen (secondary N) is 2. The lowest BCUT2D eigenvalue weighted by atomic mass is 10.3. The van der Waals surface area contributed by atoms with Crippen molar-refractivity contribution in [3.8, 4) is 0 Å². The molecule has 0 saturated carbocycles. The minimum absolute atomic E-state index is 0.0381. The van der Waals surface area contributed by atoms with Gasteiger partial charge in [0.05, 0.1) is 19.4 Å². The first-order valence-corrected chi connectivity index (χ1v) is 8.41. The lowest BCUT2D eigenvalue weighted by Crippen LogP contribution is -2.43. The molecule has 0 bridgehead atoms. The van der Waals surface area contributed by atoms with Gasteiger partial charge >= 0.3 is 18.0 Å². The van der Waals surface area contributed by atoms with Crippen LogP contribution in [0.5, 0.6) is 0 Å². The highest BCUT2D eigenvalue weighted by atomic mass is 32.2. The molecule has 0 aliphatic carbocycles. The van der Waals surface area contributed by atoms with E-state index < -0.39 is 35.5 Å². The van der Waals surface area contributed by atoms with Crippen LogP contribution in [-0.4, -0.2) is 76.4 Å². The zero-order chi connectivity index (χ0) is 19.2.